The number of halogens is 1. The van der Waals surface area contributed by atoms with Gasteiger partial charge in [0, 0.05) is 51.1 Å². The van der Waals surface area contributed by atoms with E-state index >= 15 is 0 Å². The molecule has 0 radical (unpaired) electrons. The first-order valence-electron chi connectivity index (χ1n) is 11.7. The Balaban J connectivity index is 1.47. The maximum Gasteiger partial charge on any atom is 0.227 e. The number of ether oxygens (including phenoxy) is 1. The first-order chi connectivity index (χ1) is 15.1. The second-order valence-electron chi connectivity index (χ2n) is 8.92. The smallest absolute Gasteiger partial charge is 0.227 e. The molecule has 170 valence electrons. The summed E-state index contributed by atoms with van der Waals surface area (Å²) in [7, 11) is 2.10. The number of aromatic nitrogens is 4. The van der Waals surface area contributed by atoms with Gasteiger partial charge in [0.15, 0.2) is 5.82 Å². The fourth-order valence-electron chi connectivity index (χ4n) is 4.74. The highest BCUT2D eigenvalue weighted by molar-refractivity contribution is 6.29. The van der Waals surface area contributed by atoms with Crippen molar-refractivity contribution < 1.29 is 4.74 Å². The molecule has 2 atom stereocenters. The number of rotatable bonds is 9. The minimum Gasteiger partial charge on any atom is -0.378 e. The molecule has 2 unspecified atom stereocenters. The third kappa shape index (κ3) is 5.76. The number of pyridine rings is 1. The van der Waals surface area contributed by atoms with E-state index in [9.17, 15) is 0 Å². The summed E-state index contributed by atoms with van der Waals surface area (Å²) in [6, 6.07) is 4.47. The zero-order chi connectivity index (χ0) is 21.6. The molecule has 0 amide bonds. The average molecular weight is 447 g/mol. The number of piperidine rings is 1. The number of nitrogens with zero attached hydrogens (tertiary/aromatic N) is 6. The standard InChI is InChI=1S/C23H35ClN6O/c1-18-7-3-4-12-29(18)13-6-14-30-22(19-9-10-21(24)25-17-19)26-27-23(30)28(2)15-11-20-8-5-16-31-20/h9-10,17-18,20H,3-8,11-16H2,1-2H3. The van der Waals surface area contributed by atoms with Gasteiger partial charge in [-0.15, -0.1) is 10.2 Å². The first-order valence-corrected chi connectivity index (χ1v) is 12.1. The van der Waals surface area contributed by atoms with E-state index in [0.29, 0.717) is 17.3 Å². The van der Waals surface area contributed by atoms with Crippen LogP contribution in [0, 0.1) is 0 Å². The lowest BCUT2D eigenvalue weighted by atomic mass is 10.0. The van der Waals surface area contributed by atoms with Gasteiger partial charge in [-0.2, -0.15) is 0 Å². The number of hydrogen-bond acceptors (Lipinski definition) is 6. The van der Waals surface area contributed by atoms with E-state index in [1.54, 1.807) is 6.20 Å². The highest BCUT2D eigenvalue weighted by atomic mass is 35.5. The van der Waals surface area contributed by atoms with Gasteiger partial charge in [0.2, 0.25) is 5.95 Å². The Morgan fingerprint density at radius 3 is 2.81 bits per heavy atom. The lowest BCUT2D eigenvalue weighted by Crippen LogP contribution is -2.38. The van der Waals surface area contributed by atoms with Gasteiger partial charge in [0.1, 0.15) is 5.15 Å². The molecule has 2 aromatic heterocycles. The minimum absolute atomic E-state index is 0.374. The van der Waals surface area contributed by atoms with E-state index in [-0.39, 0.29) is 0 Å². The molecule has 2 aliphatic rings. The van der Waals surface area contributed by atoms with Crippen molar-refractivity contribution in [2.75, 3.05) is 38.2 Å². The lowest BCUT2D eigenvalue weighted by molar-refractivity contribution is 0.106. The molecule has 2 aliphatic heterocycles. The summed E-state index contributed by atoms with van der Waals surface area (Å²) in [5.41, 5.74) is 0.946. The summed E-state index contributed by atoms with van der Waals surface area (Å²) in [4.78, 5) is 9.09. The van der Waals surface area contributed by atoms with Crippen LogP contribution < -0.4 is 4.90 Å². The molecule has 0 saturated carbocycles. The van der Waals surface area contributed by atoms with E-state index in [1.807, 2.05) is 12.1 Å². The second kappa shape index (κ2) is 10.7. The van der Waals surface area contributed by atoms with Gasteiger partial charge in [0.25, 0.3) is 0 Å². The quantitative estimate of drug-likeness (QED) is 0.536. The molecule has 7 nitrogen and oxygen atoms in total. The van der Waals surface area contributed by atoms with Crippen molar-refractivity contribution in [3.63, 3.8) is 0 Å². The van der Waals surface area contributed by atoms with Gasteiger partial charge in [-0.25, -0.2) is 4.98 Å². The minimum atomic E-state index is 0.374. The van der Waals surface area contributed by atoms with E-state index in [1.165, 1.54) is 32.2 Å². The molecule has 0 bridgehead atoms. The molecule has 2 aromatic rings. The van der Waals surface area contributed by atoms with Crippen molar-refractivity contribution >= 4 is 17.5 Å². The molecular weight excluding hydrogens is 412 g/mol. The van der Waals surface area contributed by atoms with E-state index in [2.05, 4.69) is 43.5 Å². The van der Waals surface area contributed by atoms with Crippen molar-refractivity contribution in [2.24, 2.45) is 0 Å². The van der Waals surface area contributed by atoms with Crippen molar-refractivity contribution in [3.8, 4) is 11.4 Å². The molecule has 0 aromatic carbocycles. The van der Waals surface area contributed by atoms with Crippen molar-refractivity contribution in [3.05, 3.63) is 23.5 Å². The van der Waals surface area contributed by atoms with Crippen molar-refractivity contribution in [1.29, 1.82) is 0 Å². The van der Waals surface area contributed by atoms with Gasteiger partial charge in [-0.1, -0.05) is 18.0 Å². The first kappa shape index (κ1) is 22.5. The summed E-state index contributed by atoms with van der Waals surface area (Å²) in [6.07, 6.45) is 10.6. The Kier molecular flexibility index (Phi) is 7.80. The number of anilines is 1. The average Bonchev–Trinajstić information content (AvgIpc) is 3.44. The fraction of sp³-hybridized carbons (Fsp3) is 0.696. The van der Waals surface area contributed by atoms with Crippen LogP contribution in [0.5, 0.6) is 0 Å². The van der Waals surface area contributed by atoms with Gasteiger partial charge in [-0.3, -0.25) is 4.57 Å². The zero-order valence-corrected chi connectivity index (χ0v) is 19.6. The Bertz CT molecular complexity index is 820. The summed E-state index contributed by atoms with van der Waals surface area (Å²) in [5, 5.41) is 9.59. The molecule has 31 heavy (non-hydrogen) atoms. The molecule has 0 aliphatic carbocycles. The third-order valence-electron chi connectivity index (χ3n) is 6.64. The van der Waals surface area contributed by atoms with Gasteiger partial charge in [0.05, 0.1) is 6.10 Å². The summed E-state index contributed by atoms with van der Waals surface area (Å²) in [5.74, 6) is 1.77. The summed E-state index contributed by atoms with van der Waals surface area (Å²) in [6.45, 7) is 7.36. The Hall–Kier alpha value is -1.70. The lowest BCUT2D eigenvalue weighted by Gasteiger charge is -2.33. The van der Waals surface area contributed by atoms with Crippen LogP contribution in [0.15, 0.2) is 18.3 Å². The maximum absolute atomic E-state index is 6.00. The highest BCUT2D eigenvalue weighted by Crippen LogP contribution is 2.25. The molecule has 0 spiro atoms. The highest BCUT2D eigenvalue weighted by Gasteiger charge is 2.22. The van der Waals surface area contributed by atoms with Crippen LogP contribution >= 0.6 is 11.6 Å². The van der Waals surface area contributed by atoms with Gasteiger partial charge in [-0.05, 0) is 64.1 Å². The Labute approximate surface area is 190 Å². The van der Waals surface area contributed by atoms with Crippen molar-refractivity contribution in [1.82, 2.24) is 24.6 Å². The van der Waals surface area contributed by atoms with Crippen molar-refractivity contribution in [2.45, 2.75) is 70.6 Å². The molecule has 2 saturated heterocycles. The molecule has 8 heteroatoms. The Morgan fingerprint density at radius 2 is 2.06 bits per heavy atom. The van der Waals surface area contributed by atoms with Crippen LogP contribution in [0.2, 0.25) is 5.15 Å². The normalized spacial score (nSPS) is 22.2. The summed E-state index contributed by atoms with van der Waals surface area (Å²) >= 11 is 6.00. The van der Waals surface area contributed by atoms with E-state index in [0.717, 1.165) is 62.8 Å². The van der Waals surface area contributed by atoms with Crippen LogP contribution in [0.4, 0.5) is 5.95 Å². The predicted octanol–water partition coefficient (Wildman–Crippen LogP) is 4.26. The van der Waals surface area contributed by atoms with Crippen LogP contribution in [0.1, 0.15) is 51.9 Å². The third-order valence-corrected chi connectivity index (χ3v) is 6.86. The maximum atomic E-state index is 6.00. The SMILES string of the molecule is CC1CCCCN1CCCn1c(-c2ccc(Cl)nc2)nnc1N(C)CCC1CCCO1. The van der Waals surface area contributed by atoms with Crippen LogP contribution in [-0.2, 0) is 11.3 Å². The monoisotopic (exact) mass is 446 g/mol. The van der Waals surface area contributed by atoms with E-state index in [4.69, 9.17) is 16.3 Å². The topological polar surface area (TPSA) is 59.3 Å². The van der Waals surface area contributed by atoms with Crippen LogP contribution in [0.3, 0.4) is 0 Å². The van der Waals surface area contributed by atoms with Gasteiger partial charge < -0.3 is 14.5 Å². The summed E-state index contributed by atoms with van der Waals surface area (Å²) < 4.78 is 8.05. The molecule has 2 fully saturated rings. The number of likely N-dealkylation sites (tertiary alicyclic amines) is 1. The molecule has 4 heterocycles. The van der Waals surface area contributed by atoms with Crippen LogP contribution in [0.25, 0.3) is 11.4 Å². The van der Waals surface area contributed by atoms with Crippen LogP contribution in [-0.4, -0.2) is 70.1 Å². The Morgan fingerprint density at radius 1 is 1.16 bits per heavy atom. The van der Waals surface area contributed by atoms with Gasteiger partial charge >= 0.3 is 0 Å². The largest absolute Gasteiger partial charge is 0.378 e. The molecular formula is C23H35ClN6O. The zero-order valence-electron chi connectivity index (χ0n) is 18.8. The predicted molar refractivity (Wildman–Crippen MR) is 125 cm³/mol. The molecule has 4 rings (SSSR count). The van der Waals surface area contributed by atoms with E-state index < -0.39 is 0 Å². The molecule has 0 N–H and O–H groups in total. The second-order valence-corrected chi connectivity index (χ2v) is 9.31. The number of hydrogen-bond donors (Lipinski definition) is 0. The fourth-order valence-corrected chi connectivity index (χ4v) is 4.85.